The summed E-state index contributed by atoms with van der Waals surface area (Å²) in [4.78, 5) is 23.0. The van der Waals surface area contributed by atoms with Crippen LogP contribution >= 0.6 is 23.2 Å². The van der Waals surface area contributed by atoms with Gasteiger partial charge in [0, 0.05) is 12.1 Å². The Morgan fingerprint density at radius 1 is 1.25 bits per heavy atom. The third kappa shape index (κ3) is 5.02. The standard InChI is InChI=1S/C14H17Cl2NO3/c1-8(2)5-10(14(19)20)7-17-13(18)9-3-4-11(15)12(16)6-9/h3-4,6,8,10H,5,7H2,1-2H3,(H,17,18)(H,19,20). The normalized spacial score (nSPS) is 12.2. The predicted molar refractivity (Wildman–Crippen MR) is 79.4 cm³/mol. The number of carbonyl (C=O) groups is 2. The fraction of sp³-hybridized carbons (Fsp3) is 0.429. The molecule has 1 rings (SSSR count). The second kappa shape index (κ2) is 7.50. The van der Waals surface area contributed by atoms with Gasteiger partial charge in [0.25, 0.3) is 5.91 Å². The maximum absolute atomic E-state index is 11.9. The molecule has 1 unspecified atom stereocenters. The van der Waals surface area contributed by atoms with Crippen LogP contribution < -0.4 is 5.32 Å². The molecule has 0 spiro atoms. The van der Waals surface area contributed by atoms with Crippen molar-refractivity contribution in [2.45, 2.75) is 20.3 Å². The molecule has 6 heteroatoms. The van der Waals surface area contributed by atoms with Gasteiger partial charge in [-0.3, -0.25) is 9.59 Å². The molecule has 2 N–H and O–H groups in total. The fourth-order valence-electron chi connectivity index (χ4n) is 1.80. The van der Waals surface area contributed by atoms with E-state index in [0.717, 1.165) is 0 Å². The van der Waals surface area contributed by atoms with Gasteiger partial charge in [0.2, 0.25) is 0 Å². The number of benzene rings is 1. The van der Waals surface area contributed by atoms with Crippen molar-refractivity contribution in [3.8, 4) is 0 Å². The van der Waals surface area contributed by atoms with E-state index in [2.05, 4.69) is 5.32 Å². The van der Waals surface area contributed by atoms with Crippen LogP contribution in [0.15, 0.2) is 18.2 Å². The van der Waals surface area contributed by atoms with Gasteiger partial charge in [-0.1, -0.05) is 37.0 Å². The number of carboxylic acid groups (broad SMARTS) is 1. The molecule has 4 nitrogen and oxygen atoms in total. The topological polar surface area (TPSA) is 66.4 Å². The second-order valence-electron chi connectivity index (χ2n) is 5.00. The molecular weight excluding hydrogens is 301 g/mol. The SMILES string of the molecule is CC(C)CC(CNC(=O)c1ccc(Cl)c(Cl)c1)C(=O)O. The number of halogens is 2. The number of hydrogen-bond acceptors (Lipinski definition) is 2. The zero-order chi connectivity index (χ0) is 15.3. The van der Waals surface area contributed by atoms with E-state index in [0.29, 0.717) is 17.0 Å². The predicted octanol–water partition coefficient (Wildman–Crippen LogP) is 3.47. The highest BCUT2D eigenvalue weighted by molar-refractivity contribution is 6.42. The van der Waals surface area contributed by atoms with E-state index in [1.807, 2.05) is 13.8 Å². The first-order valence-corrected chi connectivity index (χ1v) is 7.03. The highest BCUT2D eigenvalue weighted by Gasteiger charge is 2.20. The van der Waals surface area contributed by atoms with E-state index in [1.165, 1.54) is 12.1 Å². The molecule has 20 heavy (non-hydrogen) atoms. The minimum atomic E-state index is -0.909. The number of rotatable bonds is 6. The molecule has 0 fully saturated rings. The number of aliphatic carboxylic acids is 1. The smallest absolute Gasteiger partial charge is 0.308 e. The zero-order valence-corrected chi connectivity index (χ0v) is 12.8. The molecule has 0 saturated heterocycles. The van der Waals surface area contributed by atoms with Gasteiger partial charge in [-0.15, -0.1) is 0 Å². The largest absolute Gasteiger partial charge is 0.481 e. The van der Waals surface area contributed by atoms with Gasteiger partial charge in [0.05, 0.1) is 16.0 Å². The molecule has 0 saturated carbocycles. The first-order valence-electron chi connectivity index (χ1n) is 6.27. The Kier molecular flexibility index (Phi) is 6.30. The number of carboxylic acids is 1. The summed E-state index contributed by atoms with van der Waals surface area (Å²) in [5, 5.41) is 12.4. The van der Waals surface area contributed by atoms with Crippen molar-refractivity contribution in [3.05, 3.63) is 33.8 Å². The second-order valence-corrected chi connectivity index (χ2v) is 5.82. The van der Waals surface area contributed by atoms with Gasteiger partial charge in [0.1, 0.15) is 0 Å². The lowest BCUT2D eigenvalue weighted by Gasteiger charge is -2.15. The zero-order valence-electron chi connectivity index (χ0n) is 11.3. The fourth-order valence-corrected chi connectivity index (χ4v) is 2.09. The summed E-state index contributed by atoms with van der Waals surface area (Å²) in [5.41, 5.74) is 0.355. The van der Waals surface area contributed by atoms with Crippen molar-refractivity contribution in [3.63, 3.8) is 0 Å². The number of hydrogen-bond donors (Lipinski definition) is 2. The average molecular weight is 318 g/mol. The van der Waals surface area contributed by atoms with Crippen molar-refractivity contribution in [2.24, 2.45) is 11.8 Å². The quantitative estimate of drug-likeness (QED) is 0.844. The summed E-state index contributed by atoms with van der Waals surface area (Å²) in [6.45, 7) is 3.97. The Hall–Kier alpha value is -1.26. The molecule has 110 valence electrons. The van der Waals surface area contributed by atoms with Crippen molar-refractivity contribution < 1.29 is 14.7 Å². The maximum atomic E-state index is 11.9. The van der Waals surface area contributed by atoms with Crippen LogP contribution in [0.25, 0.3) is 0 Å². The van der Waals surface area contributed by atoms with Gasteiger partial charge >= 0.3 is 5.97 Å². The van der Waals surface area contributed by atoms with Gasteiger partial charge in [-0.05, 0) is 30.5 Å². The van der Waals surface area contributed by atoms with E-state index in [-0.39, 0.29) is 23.4 Å². The maximum Gasteiger partial charge on any atom is 0.308 e. The average Bonchev–Trinajstić information content (AvgIpc) is 2.36. The molecule has 0 aliphatic carbocycles. The highest BCUT2D eigenvalue weighted by atomic mass is 35.5. The molecule has 0 aliphatic rings. The molecule has 1 atom stereocenters. The molecular formula is C14H17Cl2NO3. The molecule has 1 aromatic rings. The molecule has 0 radical (unpaired) electrons. The van der Waals surface area contributed by atoms with Crippen LogP contribution in [0.4, 0.5) is 0 Å². The minimum absolute atomic E-state index is 0.0899. The van der Waals surface area contributed by atoms with Gasteiger partial charge in [0.15, 0.2) is 0 Å². The molecule has 0 aliphatic heterocycles. The van der Waals surface area contributed by atoms with Crippen molar-refractivity contribution in [1.82, 2.24) is 5.32 Å². The third-order valence-corrected chi connectivity index (χ3v) is 3.54. The monoisotopic (exact) mass is 317 g/mol. The van der Waals surface area contributed by atoms with Crippen molar-refractivity contribution in [1.29, 1.82) is 0 Å². The Balaban J connectivity index is 2.65. The lowest BCUT2D eigenvalue weighted by molar-refractivity contribution is -0.142. The van der Waals surface area contributed by atoms with Gasteiger partial charge in [-0.2, -0.15) is 0 Å². The molecule has 1 amide bonds. The third-order valence-electron chi connectivity index (χ3n) is 2.80. The van der Waals surface area contributed by atoms with Crippen LogP contribution in [0.2, 0.25) is 10.0 Å². The van der Waals surface area contributed by atoms with Crippen LogP contribution in [0.3, 0.4) is 0 Å². The summed E-state index contributed by atoms with van der Waals surface area (Å²) in [7, 11) is 0. The summed E-state index contributed by atoms with van der Waals surface area (Å²) >= 11 is 11.6. The molecule has 1 aromatic carbocycles. The molecule has 0 bridgehead atoms. The van der Waals surface area contributed by atoms with E-state index >= 15 is 0 Å². The lowest BCUT2D eigenvalue weighted by Crippen LogP contribution is -2.33. The summed E-state index contributed by atoms with van der Waals surface area (Å²) in [5.74, 6) is -1.62. The van der Waals surface area contributed by atoms with Crippen LogP contribution in [0.1, 0.15) is 30.6 Å². The van der Waals surface area contributed by atoms with E-state index in [1.54, 1.807) is 6.07 Å². The number of nitrogens with one attached hydrogen (secondary N) is 1. The van der Waals surface area contributed by atoms with Crippen molar-refractivity contribution >= 4 is 35.1 Å². The molecule has 0 heterocycles. The molecule has 0 aromatic heterocycles. The van der Waals surface area contributed by atoms with Crippen LogP contribution in [-0.4, -0.2) is 23.5 Å². The Morgan fingerprint density at radius 3 is 2.40 bits per heavy atom. The van der Waals surface area contributed by atoms with Crippen LogP contribution in [0, 0.1) is 11.8 Å². The Labute approximate surface area is 128 Å². The van der Waals surface area contributed by atoms with Crippen LogP contribution in [0.5, 0.6) is 0 Å². The summed E-state index contributed by atoms with van der Waals surface area (Å²) < 4.78 is 0. The lowest BCUT2D eigenvalue weighted by atomic mass is 9.97. The Morgan fingerprint density at radius 2 is 1.90 bits per heavy atom. The highest BCUT2D eigenvalue weighted by Crippen LogP contribution is 2.22. The van der Waals surface area contributed by atoms with Crippen molar-refractivity contribution in [2.75, 3.05) is 6.54 Å². The first kappa shape index (κ1) is 16.8. The Bertz CT molecular complexity index is 503. The summed E-state index contributed by atoms with van der Waals surface area (Å²) in [6.07, 6.45) is 0.511. The van der Waals surface area contributed by atoms with E-state index in [9.17, 15) is 9.59 Å². The number of amides is 1. The summed E-state index contributed by atoms with van der Waals surface area (Å²) in [6, 6.07) is 4.53. The van der Waals surface area contributed by atoms with E-state index < -0.39 is 11.9 Å². The first-order chi connectivity index (χ1) is 9.31. The van der Waals surface area contributed by atoms with Crippen LogP contribution in [-0.2, 0) is 4.79 Å². The van der Waals surface area contributed by atoms with E-state index in [4.69, 9.17) is 28.3 Å². The minimum Gasteiger partial charge on any atom is -0.481 e. The van der Waals surface area contributed by atoms with Gasteiger partial charge < -0.3 is 10.4 Å². The van der Waals surface area contributed by atoms with Gasteiger partial charge in [-0.25, -0.2) is 0 Å². The number of carbonyl (C=O) groups excluding carboxylic acids is 1.